The summed E-state index contributed by atoms with van der Waals surface area (Å²) in [6, 6.07) is 16.8. The van der Waals surface area contributed by atoms with Crippen LogP contribution >= 0.6 is 0 Å². The van der Waals surface area contributed by atoms with E-state index in [1.165, 1.54) is 20.3 Å². The number of para-hydroxylation sites is 1. The van der Waals surface area contributed by atoms with Gasteiger partial charge in [-0.05, 0) is 55.0 Å². The van der Waals surface area contributed by atoms with E-state index in [9.17, 15) is 9.59 Å². The van der Waals surface area contributed by atoms with Crippen molar-refractivity contribution in [3.8, 4) is 34.3 Å². The molecule has 5 rings (SSSR count). The Morgan fingerprint density at radius 3 is 2.31 bits per heavy atom. The monoisotopic (exact) mass is 486 g/mol. The minimum Gasteiger partial charge on any atom is -0.493 e. The minimum atomic E-state index is -0.578. The van der Waals surface area contributed by atoms with E-state index in [0.29, 0.717) is 56.4 Å². The van der Waals surface area contributed by atoms with Crippen molar-refractivity contribution in [1.82, 2.24) is 0 Å². The summed E-state index contributed by atoms with van der Waals surface area (Å²) in [5, 5.41) is 1.37. The zero-order valence-corrected chi connectivity index (χ0v) is 20.0. The molecule has 0 radical (unpaired) electrons. The molecule has 0 spiro atoms. The first-order valence-electron chi connectivity index (χ1n) is 11.0. The Labute approximate surface area is 205 Å². The molecule has 0 amide bonds. The predicted molar refractivity (Wildman–Crippen MR) is 133 cm³/mol. The van der Waals surface area contributed by atoms with Gasteiger partial charge in [0.15, 0.2) is 22.8 Å². The van der Waals surface area contributed by atoms with Crippen LogP contribution in [0.4, 0.5) is 0 Å². The molecule has 0 aliphatic carbocycles. The summed E-state index contributed by atoms with van der Waals surface area (Å²) >= 11 is 0. The first-order chi connectivity index (χ1) is 17.4. The van der Waals surface area contributed by atoms with Gasteiger partial charge in [0, 0.05) is 22.4 Å². The first-order valence-corrected chi connectivity index (χ1v) is 11.0. The van der Waals surface area contributed by atoms with Crippen molar-refractivity contribution in [3.05, 3.63) is 82.2 Å². The molecular weight excluding hydrogens is 464 g/mol. The Bertz CT molecular complexity index is 1680. The number of rotatable bonds is 6. The second-order valence-electron chi connectivity index (χ2n) is 8.04. The Balaban J connectivity index is 1.59. The van der Waals surface area contributed by atoms with Crippen molar-refractivity contribution in [1.29, 1.82) is 0 Å². The molecule has 0 saturated heterocycles. The number of ether oxygens (including phenoxy) is 4. The zero-order chi connectivity index (χ0) is 25.4. The highest BCUT2D eigenvalue weighted by Crippen LogP contribution is 2.38. The third-order valence-corrected chi connectivity index (χ3v) is 5.86. The standard InChI is InChI=1S/C28H22O8/c1-15-10-23-18(13-22(15)36-28(30)17-8-9-20(31-2)25(12-17)33-4)19(14-26(29)34-23)24-11-16-6-5-7-21(32-3)27(16)35-24/h5-14H,1-4H3. The van der Waals surface area contributed by atoms with Gasteiger partial charge >= 0.3 is 11.6 Å². The fourth-order valence-corrected chi connectivity index (χ4v) is 4.06. The number of furan rings is 1. The summed E-state index contributed by atoms with van der Waals surface area (Å²) < 4.78 is 33.1. The number of fused-ring (bicyclic) bond motifs is 2. The molecule has 0 fully saturated rings. The van der Waals surface area contributed by atoms with Gasteiger partial charge in [0.1, 0.15) is 17.1 Å². The van der Waals surface area contributed by atoms with E-state index < -0.39 is 11.6 Å². The molecule has 36 heavy (non-hydrogen) atoms. The highest BCUT2D eigenvalue weighted by molar-refractivity contribution is 5.98. The molecule has 0 saturated carbocycles. The number of aryl methyl sites for hydroxylation is 1. The third kappa shape index (κ3) is 4.02. The van der Waals surface area contributed by atoms with Crippen LogP contribution in [0.5, 0.6) is 23.0 Å². The number of hydrogen-bond acceptors (Lipinski definition) is 8. The van der Waals surface area contributed by atoms with Crippen LogP contribution in [0.2, 0.25) is 0 Å². The largest absolute Gasteiger partial charge is 0.493 e. The van der Waals surface area contributed by atoms with Gasteiger partial charge in [0.25, 0.3) is 0 Å². The summed E-state index contributed by atoms with van der Waals surface area (Å²) in [6.45, 7) is 1.76. The second kappa shape index (κ2) is 9.14. The molecular formula is C28H22O8. The van der Waals surface area contributed by atoms with Crippen LogP contribution in [0.1, 0.15) is 15.9 Å². The Hall–Kier alpha value is -4.72. The van der Waals surface area contributed by atoms with E-state index in [1.807, 2.05) is 18.2 Å². The molecule has 5 aromatic rings. The third-order valence-electron chi connectivity index (χ3n) is 5.86. The molecule has 2 heterocycles. The van der Waals surface area contributed by atoms with Crippen LogP contribution in [0.15, 0.2) is 74.3 Å². The second-order valence-corrected chi connectivity index (χ2v) is 8.04. The van der Waals surface area contributed by atoms with Crippen molar-refractivity contribution in [2.75, 3.05) is 21.3 Å². The molecule has 0 aliphatic heterocycles. The van der Waals surface area contributed by atoms with E-state index in [-0.39, 0.29) is 5.56 Å². The molecule has 182 valence electrons. The minimum absolute atomic E-state index is 0.288. The lowest BCUT2D eigenvalue weighted by molar-refractivity contribution is 0.0733. The smallest absolute Gasteiger partial charge is 0.343 e. The van der Waals surface area contributed by atoms with Gasteiger partial charge in [-0.25, -0.2) is 9.59 Å². The van der Waals surface area contributed by atoms with Crippen LogP contribution in [-0.4, -0.2) is 27.3 Å². The fourth-order valence-electron chi connectivity index (χ4n) is 4.06. The molecule has 2 aromatic heterocycles. The molecule has 8 nitrogen and oxygen atoms in total. The van der Waals surface area contributed by atoms with Crippen molar-refractivity contribution in [2.45, 2.75) is 6.92 Å². The van der Waals surface area contributed by atoms with E-state index >= 15 is 0 Å². The van der Waals surface area contributed by atoms with E-state index in [4.69, 9.17) is 27.8 Å². The fraction of sp³-hybridized carbons (Fsp3) is 0.143. The molecule has 0 aliphatic rings. The normalized spacial score (nSPS) is 11.0. The van der Waals surface area contributed by atoms with Gasteiger partial charge in [-0.1, -0.05) is 12.1 Å². The van der Waals surface area contributed by atoms with Gasteiger partial charge < -0.3 is 27.8 Å². The SMILES string of the molecule is COc1ccc(C(=O)Oc2cc3c(-c4cc5cccc(OC)c5o4)cc(=O)oc3cc2C)cc1OC. The highest BCUT2D eigenvalue weighted by atomic mass is 16.5. The number of benzene rings is 3. The van der Waals surface area contributed by atoms with Crippen molar-refractivity contribution in [3.63, 3.8) is 0 Å². The maximum atomic E-state index is 12.9. The number of carbonyl (C=O) groups excluding carboxylic acids is 1. The van der Waals surface area contributed by atoms with Gasteiger partial charge in [0.2, 0.25) is 0 Å². The van der Waals surface area contributed by atoms with Gasteiger partial charge in [0.05, 0.1) is 26.9 Å². The zero-order valence-electron chi connectivity index (χ0n) is 20.0. The van der Waals surface area contributed by atoms with Gasteiger partial charge in [-0.15, -0.1) is 0 Å². The number of hydrogen-bond donors (Lipinski definition) is 0. The Kier molecular flexibility index (Phi) is 5.85. The Morgan fingerprint density at radius 2 is 1.56 bits per heavy atom. The summed E-state index contributed by atoms with van der Waals surface area (Å²) in [5.41, 5.74) is 1.78. The van der Waals surface area contributed by atoms with Gasteiger partial charge in [-0.2, -0.15) is 0 Å². The van der Waals surface area contributed by atoms with Crippen LogP contribution in [-0.2, 0) is 0 Å². The number of methoxy groups -OCH3 is 3. The molecule has 0 N–H and O–H groups in total. The average molecular weight is 486 g/mol. The lowest BCUT2D eigenvalue weighted by Gasteiger charge is -2.12. The summed E-state index contributed by atoms with van der Waals surface area (Å²) in [6.07, 6.45) is 0. The van der Waals surface area contributed by atoms with E-state index in [0.717, 1.165) is 5.39 Å². The summed E-state index contributed by atoms with van der Waals surface area (Å²) in [7, 11) is 4.57. The predicted octanol–water partition coefficient (Wildman–Crippen LogP) is 5.76. The molecule has 0 unspecified atom stereocenters. The lowest BCUT2D eigenvalue weighted by Crippen LogP contribution is -2.10. The number of esters is 1. The molecule has 0 bridgehead atoms. The maximum Gasteiger partial charge on any atom is 0.343 e. The quantitative estimate of drug-likeness (QED) is 0.170. The van der Waals surface area contributed by atoms with Crippen LogP contribution < -0.4 is 24.6 Å². The van der Waals surface area contributed by atoms with Crippen molar-refractivity contribution in [2.24, 2.45) is 0 Å². The Morgan fingerprint density at radius 1 is 0.778 bits per heavy atom. The average Bonchev–Trinajstić information content (AvgIpc) is 3.32. The van der Waals surface area contributed by atoms with E-state index in [2.05, 4.69) is 0 Å². The first kappa shape index (κ1) is 23.0. The van der Waals surface area contributed by atoms with Crippen LogP contribution in [0.25, 0.3) is 33.3 Å². The van der Waals surface area contributed by atoms with Crippen molar-refractivity contribution >= 4 is 27.9 Å². The molecule has 0 atom stereocenters. The highest BCUT2D eigenvalue weighted by Gasteiger charge is 2.19. The van der Waals surface area contributed by atoms with Gasteiger partial charge in [-0.3, -0.25) is 0 Å². The van der Waals surface area contributed by atoms with E-state index in [1.54, 1.807) is 50.4 Å². The van der Waals surface area contributed by atoms with Crippen molar-refractivity contribution < 1.29 is 32.6 Å². The number of carbonyl (C=O) groups is 1. The van der Waals surface area contributed by atoms with Crippen LogP contribution in [0.3, 0.4) is 0 Å². The van der Waals surface area contributed by atoms with Crippen LogP contribution in [0, 0.1) is 6.92 Å². The summed E-state index contributed by atoms with van der Waals surface area (Å²) in [5.74, 6) is 1.67. The molecule has 3 aromatic carbocycles. The summed E-state index contributed by atoms with van der Waals surface area (Å²) in [4.78, 5) is 25.3. The maximum absolute atomic E-state index is 12.9. The molecule has 8 heteroatoms. The lowest BCUT2D eigenvalue weighted by atomic mass is 10.0. The topological polar surface area (TPSA) is 97.3 Å².